The van der Waals surface area contributed by atoms with Gasteiger partial charge in [-0.1, -0.05) is 11.6 Å². The van der Waals surface area contributed by atoms with E-state index in [1.807, 2.05) is 0 Å². The normalized spacial score (nSPS) is 39.6. The van der Waals surface area contributed by atoms with Gasteiger partial charge in [0.05, 0.1) is 8.81 Å². The lowest BCUT2D eigenvalue weighted by molar-refractivity contribution is 0.456. The molecule has 3 saturated carbocycles. The second-order valence-electron chi connectivity index (χ2n) is 5.82. The number of halogens is 2. The van der Waals surface area contributed by atoms with Crippen LogP contribution in [0, 0.1) is 23.7 Å². The minimum Gasteiger partial charge on any atom is -0.207 e. The lowest BCUT2D eigenvalue weighted by Crippen LogP contribution is -2.29. The van der Waals surface area contributed by atoms with Crippen LogP contribution in [-0.2, 0) is 10.0 Å². The summed E-state index contributed by atoms with van der Waals surface area (Å²) >= 11 is 10.3. The molecule has 1 aromatic heterocycles. The molecule has 0 aliphatic heterocycles. The molecule has 3 nitrogen and oxygen atoms in total. The number of sulfonamides is 1. The Morgan fingerprint density at radius 2 is 1.95 bits per heavy atom. The Labute approximate surface area is 129 Å². The first-order valence-corrected chi connectivity index (χ1v) is 9.91. The summed E-state index contributed by atoms with van der Waals surface area (Å²) in [6.07, 6.45) is 3.91. The highest BCUT2D eigenvalue weighted by Gasteiger charge is 2.65. The van der Waals surface area contributed by atoms with Gasteiger partial charge in [-0.05, 0) is 64.9 Å². The van der Waals surface area contributed by atoms with Crippen LogP contribution in [0.3, 0.4) is 0 Å². The van der Waals surface area contributed by atoms with Crippen LogP contribution in [0.5, 0.6) is 0 Å². The maximum absolute atomic E-state index is 12.3. The average molecular weight is 383 g/mol. The van der Waals surface area contributed by atoms with Gasteiger partial charge in [0.2, 0.25) is 10.0 Å². The van der Waals surface area contributed by atoms with Crippen LogP contribution in [-0.4, -0.2) is 14.5 Å². The average Bonchev–Trinajstić information content (AvgIpc) is 2.72. The van der Waals surface area contributed by atoms with Gasteiger partial charge in [-0.3, -0.25) is 0 Å². The van der Waals surface area contributed by atoms with E-state index in [0.29, 0.717) is 24.9 Å². The highest BCUT2D eigenvalue weighted by atomic mass is 79.9. The summed E-state index contributed by atoms with van der Waals surface area (Å²) in [6.45, 7) is 0. The minimum absolute atomic E-state index is 0.177. The molecule has 3 fully saturated rings. The molecule has 0 saturated heterocycles. The van der Waals surface area contributed by atoms with Gasteiger partial charge in [0, 0.05) is 6.04 Å². The van der Waals surface area contributed by atoms with E-state index >= 15 is 0 Å². The fraction of sp³-hybridized carbons (Fsp3) is 0.667. The Balaban J connectivity index is 1.54. The van der Waals surface area contributed by atoms with Crippen molar-refractivity contribution in [3.05, 3.63) is 14.9 Å². The molecule has 4 atom stereocenters. The van der Waals surface area contributed by atoms with E-state index in [2.05, 4.69) is 20.7 Å². The molecule has 4 rings (SSSR count). The van der Waals surface area contributed by atoms with E-state index < -0.39 is 10.0 Å². The topological polar surface area (TPSA) is 46.2 Å². The van der Waals surface area contributed by atoms with Gasteiger partial charge in [0.25, 0.3) is 0 Å². The summed E-state index contributed by atoms with van der Waals surface area (Å²) in [5.41, 5.74) is 0. The molecule has 0 aromatic carbocycles. The Morgan fingerprint density at radius 1 is 1.32 bits per heavy atom. The second kappa shape index (κ2) is 4.19. The molecule has 0 amide bonds. The summed E-state index contributed by atoms with van der Waals surface area (Å²) in [5, 5.41) is 0.460. The number of hydrogen-bond acceptors (Lipinski definition) is 3. The summed E-state index contributed by atoms with van der Waals surface area (Å²) in [5.74, 6) is 2.74. The zero-order valence-electron chi connectivity index (χ0n) is 9.97. The molecule has 2 bridgehead atoms. The quantitative estimate of drug-likeness (QED) is 0.870. The zero-order valence-corrected chi connectivity index (χ0v) is 13.9. The van der Waals surface area contributed by atoms with Crippen LogP contribution in [0.4, 0.5) is 0 Å². The molecule has 4 unspecified atom stereocenters. The van der Waals surface area contributed by atoms with Crippen molar-refractivity contribution in [1.82, 2.24) is 4.72 Å². The molecular weight excluding hydrogens is 370 g/mol. The molecule has 104 valence electrons. The van der Waals surface area contributed by atoms with Crippen LogP contribution in [0.2, 0.25) is 5.02 Å². The van der Waals surface area contributed by atoms with Gasteiger partial charge >= 0.3 is 0 Å². The molecule has 1 N–H and O–H groups in total. The second-order valence-corrected chi connectivity index (χ2v) is 10.5. The number of hydrogen-bond donors (Lipinski definition) is 1. The lowest BCUT2D eigenvalue weighted by Gasteiger charge is -2.10. The highest BCUT2D eigenvalue weighted by molar-refractivity contribution is 9.11. The number of rotatable bonds is 3. The van der Waals surface area contributed by atoms with E-state index in [4.69, 9.17) is 11.6 Å². The monoisotopic (exact) mass is 381 g/mol. The predicted octanol–water partition coefficient (Wildman–Crippen LogP) is 3.49. The smallest absolute Gasteiger partial charge is 0.207 e. The molecule has 0 radical (unpaired) electrons. The van der Waals surface area contributed by atoms with Gasteiger partial charge in [-0.15, -0.1) is 11.3 Å². The SMILES string of the molecule is O=S(=O)(NC1C2C3CCC(C3)C12)c1cc(Cl)c(Br)s1. The highest BCUT2D eigenvalue weighted by Crippen LogP contribution is 2.65. The fourth-order valence-corrected chi connectivity index (χ4v) is 7.90. The molecule has 3 aliphatic rings. The van der Waals surface area contributed by atoms with E-state index in [9.17, 15) is 8.42 Å². The van der Waals surface area contributed by atoms with E-state index in [-0.39, 0.29) is 6.04 Å². The molecule has 3 aliphatic carbocycles. The summed E-state index contributed by atoms with van der Waals surface area (Å²) in [6, 6.07) is 1.70. The number of fused-ring (bicyclic) bond motifs is 5. The van der Waals surface area contributed by atoms with Crippen LogP contribution in [0.15, 0.2) is 14.1 Å². The van der Waals surface area contributed by atoms with Gasteiger partial charge < -0.3 is 0 Å². The maximum Gasteiger partial charge on any atom is 0.250 e. The van der Waals surface area contributed by atoms with Gasteiger partial charge in [-0.2, -0.15) is 0 Å². The molecule has 7 heteroatoms. The van der Waals surface area contributed by atoms with Crippen molar-refractivity contribution >= 4 is 48.9 Å². The molecular formula is C12H13BrClNO2S2. The lowest BCUT2D eigenvalue weighted by atomic mass is 10.0. The van der Waals surface area contributed by atoms with Crippen molar-refractivity contribution < 1.29 is 8.42 Å². The van der Waals surface area contributed by atoms with Gasteiger partial charge in [-0.25, -0.2) is 13.1 Å². The van der Waals surface area contributed by atoms with E-state index in [1.54, 1.807) is 0 Å². The summed E-state index contributed by atoms with van der Waals surface area (Å²) in [7, 11) is -3.41. The molecule has 19 heavy (non-hydrogen) atoms. The Kier molecular flexibility index (Phi) is 2.89. The number of nitrogens with one attached hydrogen (secondary N) is 1. The first-order chi connectivity index (χ1) is 8.97. The van der Waals surface area contributed by atoms with Gasteiger partial charge in [0.15, 0.2) is 0 Å². The Bertz CT molecular complexity index is 609. The molecule has 1 aromatic rings. The van der Waals surface area contributed by atoms with Crippen LogP contribution < -0.4 is 4.72 Å². The Hall–Kier alpha value is 0.380. The van der Waals surface area contributed by atoms with Crippen LogP contribution in [0.25, 0.3) is 0 Å². The maximum atomic E-state index is 12.3. The van der Waals surface area contributed by atoms with Crippen molar-refractivity contribution in [2.75, 3.05) is 0 Å². The standard InChI is InChI=1S/C12H13BrClNO2S2/c13-12-7(14)4-8(18-12)19(16,17)15-11-9-5-1-2-6(3-5)10(9)11/h4-6,9-11,15H,1-3H2. The van der Waals surface area contributed by atoms with Crippen molar-refractivity contribution in [2.24, 2.45) is 23.7 Å². The molecule has 0 spiro atoms. The summed E-state index contributed by atoms with van der Waals surface area (Å²) < 4.78 is 28.5. The fourth-order valence-electron chi connectivity index (χ4n) is 4.18. The van der Waals surface area contributed by atoms with E-state index in [0.717, 1.165) is 11.8 Å². The summed E-state index contributed by atoms with van der Waals surface area (Å²) in [4.78, 5) is 0. The zero-order chi connectivity index (χ0) is 13.4. The predicted molar refractivity (Wildman–Crippen MR) is 78.9 cm³/mol. The van der Waals surface area contributed by atoms with Crippen molar-refractivity contribution in [2.45, 2.75) is 29.5 Å². The largest absolute Gasteiger partial charge is 0.250 e. The third-order valence-corrected chi connectivity index (χ3v) is 9.32. The number of thiophene rings is 1. The van der Waals surface area contributed by atoms with Crippen molar-refractivity contribution in [3.8, 4) is 0 Å². The first-order valence-electron chi connectivity index (χ1n) is 6.44. The molecule has 1 heterocycles. The Morgan fingerprint density at radius 3 is 2.47 bits per heavy atom. The van der Waals surface area contributed by atoms with Crippen LogP contribution >= 0.6 is 38.9 Å². The van der Waals surface area contributed by atoms with Crippen molar-refractivity contribution in [3.63, 3.8) is 0 Å². The third kappa shape index (κ3) is 1.94. The third-order valence-electron chi connectivity index (χ3n) is 4.91. The first kappa shape index (κ1) is 13.1. The van der Waals surface area contributed by atoms with Gasteiger partial charge in [0.1, 0.15) is 4.21 Å². The minimum atomic E-state index is -3.41. The van der Waals surface area contributed by atoms with Crippen molar-refractivity contribution in [1.29, 1.82) is 0 Å². The van der Waals surface area contributed by atoms with Crippen LogP contribution in [0.1, 0.15) is 19.3 Å². The van der Waals surface area contributed by atoms with E-state index in [1.165, 1.54) is 36.7 Å².